The number of rotatable bonds is 1. The highest BCUT2D eigenvalue weighted by Gasteiger charge is 2.30. The van der Waals surface area contributed by atoms with Gasteiger partial charge in [-0.15, -0.1) is 11.6 Å². The highest BCUT2D eigenvalue weighted by Crippen LogP contribution is 2.29. The smallest absolute Gasteiger partial charge is 0.166 e. The first kappa shape index (κ1) is 6.78. The second kappa shape index (κ2) is 3.35. The summed E-state index contributed by atoms with van der Waals surface area (Å²) in [5.74, 6) is -2.28. The van der Waals surface area contributed by atoms with Gasteiger partial charge in [0.2, 0.25) is 0 Å². The van der Waals surface area contributed by atoms with Crippen LogP contribution in [-0.2, 0) is 12.0 Å². The van der Waals surface area contributed by atoms with Crippen LogP contribution in [0.25, 0.3) is 0 Å². The van der Waals surface area contributed by atoms with E-state index in [1.807, 2.05) is 0 Å². The van der Waals surface area contributed by atoms with E-state index in [2.05, 4.69) is 0 Å². The van der Waals surface area contributed by atoms with E-state index in [0.29, 0.717) is 6.07 Å². The van der Waals surface area contributed by atoms with E-state index in [1.54, 1.807) is 0 Å². The molecule has 4 heteroatoms. The van der Waals surface area contributed by atoms with Gasteiger partial charge >= 0.3 is 6.18 Å². The molecule has 12 heavy (non-hydrogen) atoms. The molecule has 0 spiro atoms. The first-order chi connectivity index (χ1) is 6.21. The molecule has 0 fully saturated rings. The van der Waals surface area contributed by atoms with Gasteiger partial charge in [-0.25, -0.2) is 0 Å². The average molecular weight is 197 g/mol. The van der Waals surface area contributed by atoms with E-state index in [9.17, 15) is 13.2 Å². The van der Waals surface area contributed by atoms with E-state index < -0.39 is 17.6 Å². The van der Waals surface area contributed by atoms with Gasteiger partial charge in [-0.1, -0.05) is 18.2 Å². The molecule has 0 nitrogen and oxygen atoms in total. The molecule has 0 heterocycles. The molecular formula is C8H6ClF3. The van der Waals surface area contributed by atoms with Crippen molar-refractivity contribution in [1.29, 1.82) is 0 Å². The Labute approximate surface area is 75.8 Å². The molecule has 1 aromatic rings. The van der Waals surface area contributed by atoms with Crippen LogP contribution in [0.3, 0.4) is 0 Å². The van der Waals surface area contributed by atoms with Crippen molar-refractivity contribution in [2.75, 3.05) is 0 Å². The van der Waals surface area contributed by atoms with E-state index >= 15 is 0 Å². The lowest BCUT2D eigenvalue weighted by atomic mass is 10.1. The molecule has 0 aromatic heterocycles. The summed E-state index contributed by atoms with van der Waals surface area (Å²) in [6, 6.07) is 3.90. The predicted molar refractivity (Wildman–Crippen MR) is 41.0 cm³/mol. The van der Waals surface area contributed by atoms with Crippen molar-refractivity contribution in [3.8, 4) is 0 Å². The highest BCUT2D eigenvalue weighted by molar-refractivity contribution is 6.17. The van der Waals surface area contributed by atoms with Gasteiger partial charge in [0.1, 0.15) is 0 Å². The van der Waals surface area contributed by atoms with Crippen molar-refractivity contribution in [1.82, 2.24) is 0 Å². The molecule has 1 rings (SSSR count). The van der Waals surface area contributed by atoms with Gasteiger partial charge in [-0.3, -0.25) is 0 Å². The van der Waals surface area contributed by atoms with E-state index in [1.165, 1.54) is 6.07 Å². The normalized spacial score (nSPS) is 15.3. The Kier molecular flexibility index (Phi) is 1.89. The second-order valence-corrected chi connectivity index (χ2v) is 2.36. The Morgan fingerprint density at radius 3 is 2.58 bits per heavy atom. The fraction of sp³-hybridized carbons (Fsp3) is 0.250. The minimum absolute atomic E-state index is 0.200. The Morgan fingerprint density at radius 2 is 2.08 bits per heavy atom. The van der Waals surface area contributed by atoms with E-state index in [0.717, 1.165) is 12.1 Å². The maximum Gasteiger partial charge on any atom is 0.416 e. The van der Waals surface area contributed by atoms with Crippen molar-refractivity contribution in [2.24, 2.45) is 0 Å². The third kappa shape index (κ3) is 2.14. The van der Waals surface area contributed by atoms with Crippen LogP contribution in [-0.4, -0.2) is 0 Å². The van der Waals surface area contributed by atoms with Gasteiger partial charge in [-0.05, 0) is 11.6 Å². The van der Waals surface area contributed by atoms with E-state index in [4.69, 9.17) is 14.3 Å². The number of hydrogen-bond acceptors (Lipinski definition) is 0. The van der Waals surface area contributed by atoms with Gasteiger partial charge in [0.05, 0.1) is 5.56 Å². The summed E-state index contributed by atoms with van der Waals surface area (Å²) in [7, 11) is 0. The Hall–Kier alpha value is -0.700. The summed E-state index contributed by atoms with van der Waals surface area (Å²) in [6.07, 6.45) is -4.47. The van der Waals surface area contributed by atoms with Crippen LogP contribution in [0.2, 0.25) is 0 Å². The Bertz CT molecular complexity index is 301. The summed E-state index contributed by atoms with van der Waals surface area (Å²) in [6.45, 7) is 0. The number of alkyl halides is 4. The monoisotopic (exact) mass is 196 g/mol. The van der Waals surface area contributed by atoms with Crippen LogP contribution >= 0.6 is 11.6 Å². The summed E-state index contributed by atoms with van der Waals surface area (Å²) in [5, 5.41) is 0. The molecule has 0 amide bonds. The van der Waals surface area contributed by atoms with Crippen LogP contribution in [0, 0.1) is 0 Å². The minimum atomic E-state index is -4.47. The molecule has 0 aliphatic carbocycles. The fourth-order valence-electron chi connectivity index (χ4n) is 0.754. The van der Waals surface area contributed by atoms with Gasteiger partial charge in [-0.2, -0.15) is 13.2 Å². The summed E-state index contributed by atoms with van der Waals surface area (Å²) in [5.41, 5.74) is -1.10. The van der Waals surface area contributed by atoms with Gasteiger partial charge in [0.25, 0.3) is 0 Å². The Balaban J connectivity index is 3.15. The predicted octanol–water partition coefficient (Wildman–Crippen LogP) is 3.44. The first-order valence-electron chi connectivity index (χ1n) is 4.08. The van der Waals surface area contributed by atoms with E-state index in [-0.39, 0.29) is 5.56 Å². The molecule has 0 saturated heterocycles. The second-order valence-electron chi connectivity index (χ2n) is 2.17. The van der Waals surface area contributed by atoms with Crippen LogP contribution in [0.4, 0.5) is 13.2 Å². The largest absolute Gasteiger partial charge is 0.416 e. The quantitative estimate of drug-likeness (QED) is 0.604. The summed E-state index contributed by atoms with van der Waals surface area (Å²) >= 11 is 5.25. The molecule has 0 aliphatic heterocycles. The summed E-state index contributed by atoms with van der Waals surface area (Å²) < 4.78 is 50.6. The molecule has 0 saturated carbocycles. The van der Waals surface area contributed by atoms with Crippen LogP contribution in [0.15, 0.2) is 24.3 Å². The van der Waals surface area contributed by atoms with Gasteiger partial charge in [0.15, 0.2) is 0 Å². The lowest BCUT2D eigenvalue weighted by Crippen LogP contribution is -2.04. The zero-order valence-corrected chi connectivity index (χ0v) is 6.58. The van der Waals surface area contributed by atoms with Crippen LogP contribution in [0.1, 0.15) is 13.9 Å². The van der Waals surface area contributed by atoms with Crippen LogP contribution in [0.5, 0.6) is 0 Å². The highest BCUT2D eigenvalue weighted by atomic mass is 35.5. The third-order valence-electron chi connectivity index (χ3n) is 1.30. The molecule has 0 unspecified atom stereocenters. The molecular weight excluding hydrogens is 189 g/mol. The van der Waals surface area contributed by atoms with Crippen molar-refractivity contribution in [3.05, 3.63) is 35.4 Å². The van der Waals surface area contributed by atoms with Crippen molar-refractivity contribution in [2.45, 2.75) is 12.0 Å². The molecule has 0 atom stereocenters. The zero-order chi connectivity index (χ0) is 11.0. The number of benzene rings is 1. The fourth-order valence-corrected chi connectivity index (χ4v) is 0.872. The topological polar surface area (TPSA) is 0 Å². The number of halogens is 4. The molecule has 66 valence electrons. The molecule has 0 N–H and O–H groups in total. The first-order valence-corrected chi connectivity index (χ1v) is 3.46. The Morgan fingerprint density at radius 1 is 1.42 bits per heavy atom. The lowest BCUT2D eigenvalue weighted by Gasteiger charge is -2.06. The van der Waals surface area contributed by atoms with Crippen molar-refractivity contribution < 1.29 is 15.9 Å². The average Bonchev–Trinajstić information content (AvgIpc) is 2.01. The standard InChI is InChI=1S/C8H6ClF3/c9-5-6-2-1-3-7(4-6)8(10,11)12/h1-4H,5H2/i5D2. The maximum atomic E-state index is 12.2. The van der Waals surface area contributed by atoms with Crippen molar-refractivity contribution in [3.63, 3.8) is 0 Å². The molecule has 0 radical (unpaired) electrons. The lowest BCUT2D eigenvalue weighted by molar-refractivity contribution is -0.137. The van der Waals surface area contributed by atoms with Gasteiger partial charge in [0, 0.05) is 8.57 Å². The summed E-state index contributed by atoms with van der Waals surface area (Å²) in [4.78, 5) is 0. The maximum absolute atomic E-state index is 12.2. The van der Waals surface area contributed by atoms with Gasteiger partial charge < -0.3 is 0 Å². The SMILES string of the molecule is [2H]C([2H])(Cl)c1cccc(C(F)(F)F)c1. The molecule has 1 aromatic carbocycles. The molecule has 0 aliphatic rings. The third-order valence-corrected chi connectivity index (χ3v) is 1.52. The van der Waals surface area contributed by atoms with Crippen LogP contribution < -0.4 is 0 Å². The molecule has 0 bridgehead atoms. The number of hydrogen-bond donors (Lipinski definition) is 0. The zero-order valence-electron chi connectivity index (χ0n) is 7.82. The minimum Gasteiger partial charge on any atom is -0.166 e. The van der Waals surface area contributed by atoms with Crippen molar-refractivity contribution >= 4 is 11.6 Å².